The molecule has 8 nitrogen and oxygen atoms in total. The number of morpholine rings is 1. The third-order valence-corrected chi connectivity index (χ3v) is 3.26. The van der Waals surface area contributed by atoms with Gasteiger partial charge in [-0.2, -0.15) is 0 Å². The summed E-state index contributed by atoms with van der Waals surface area (Å²) in [7, 11) is 0. The standard InChI is InChI=1S/C13H14N4O4/c1-9-14-15-13(21-9)10-6-11(8-12(7-10)17(18)19)16-2-4-20-5-3-16/h6-8H,2-5H2,1H3. The van der Waals surface area contributed by atoms with Crippen LogP contribution in [-0.2, 0) is 4.74 Å². The number of nitrogens with zero attached hydrogens (tertiary/aromatic N) is 4. The van der Waals surface area contributed by atoms with Crippen LogP contribution in [0.5, 0.6) is 0 Å². The van der Waals surface area contributed by atoms with Crippen LogP contribution in [0.25, 0.3) is 11.5 Å². The zero-order valence-electron chi connectivity index (χ0n) is 11.5. The molecule has 2 heterocycles. The van der Waals surface area contributed by atoms with Gasteiger partial charge in [0.15, 0.2) is 0 Å². The molecule has 0 aliphatic carbocycles. The van der Waals surface area contributed by atoms with Gasteiger partial charge in [-0.3, -0.25) is 10.1 Å². The molecule has 110 valence electrons. The van der Waals surface area contributed by atoms with Crippen molar-refractivity contribution in [3.63, 3.8) is 0 Å². The number of nitro groups is 1. The van der Waals surface area contributed by atoms with Crippen molar-refractivity contribution in [3.05, 3.63) is 34.2 Å². The Morgan fingerprint density at radius 1 is 1.24 bits per heavy atom. The van der Waals surface area contributed by atoms with Gasteiger partial charge in [-0.05, 0) is 6.07 Å². The number of aryl methyl sites for hydroxylation is 1. The lowest BCUT2D eigenvalue weighted by molar-refractivity contribution is -0.384. The molecule has 3 rings (SSSR count). The molecule has 1 aromatic heterocycles. The fourth-order valence-corrected chi connectivity index (χ4v) is 2.24. The Morgan fingerprint density at radius 3 is 2.62 bits per heavy atom. The zero-order chi connectivity index (χ0) is 14.8. The third-order valence-electron chi connectivity index (χ3n) is 3.26. The number of non-ortho nitro benzene ring substituents is 1. The van der Waals surface area contributed by atoms with Gasteiger partial charge >= 0.3 is 0 Å². The highest BCUT2D eigenvalue weighted by Gasteiger charge is 2.19. The van der Waals surface area contributed by atoms with Crippen molar-refractivity contribution >= 4 is 11.4 Å². The van der Waals surface area contributed by atoms with Crippen LogP contribution in [0, 0.1) is 17.0 Å². The van der Waals surface area contributed by atoms with E-state index in [1.54, 1.807) is 13.0 Å². The van der Waals surface area contributed by atoms with Crippen molar-refractivity contribution in [3.8, 4) is 11.5 Å². The van der Waals surface area contributed by atoms with Gasteiger partial charge in [0, 0.05) is 43.4 Å². The van der Waals surface area contributed by atoms with E-state index < -0.39 is 4.92 Å². The van der Waals surface area contributed by atoms with E-state index in [4.69, 9.17) is 9.15 Å². The molecule has 1 fully saturated rings. The number of hydrogen-bond donors (Lipinski definition) is 0. The van der Waals surface area contributed by atoms with Crippen molar-refractivity contribution in [2.24, 2.45) is 0 Å². The molecule has 0 bridgehead atoms. The number of aromatic nitrogens is 2. The molecule has 1 aliphatic heterocycles. The van der Waals surface area contributed by atoms with Crippen LogP contribution in [-0.4, -0.2) is 41.4 Å². The number of hydrogen-bond acceptors (Lipinski definition) is 7. The minimum Gasteiger partial charge on any atom is -0.421 e. The summed E-state index contributed by atoms with van der Waals surface area (Å²) in [6.45, 7) is 4.29. The lowest BCUT2D eigenvalue weighted by Crippen LogP contribution is -2.36. The molecular formula is C13H14N4O4. The Hall–Kier alpha value is -2.48. The van der Waals surface area contributed by atoms with Gasteiger partial charge in [0.05, 0.1) is 18.1 Å². The van der Waals surface area contributed by atoms with E-state index in [0.717, 1.165) is 5.69 Å². The highest BCUT2D eigenvalue weighted by atomic mass is 16.6. The van der Waals surface area contributed by atoms with E-state index in [1.165, 1.54) is 6.07 Å². The van der Waals surface area contributed by atoms with E-state index in [0.29, 0.717) is 37.8 Å². The average Bonchev–Trinajstić information content (AvgIpc) is 2.94. The van der Waals surface area contributed by atoms with Crippen LogP contribution in [0.4, 0.5) is 11.4 Å². The maximum Gasteiger partial charge on any atom is 0.272 e. The zero-order valence-corrected chi connectivity index (χ0v) is 11.5. The van der Waals surface area contributed by atoms with Crippen LogP contribution in [0.3, 0.4) is 0 Å². The highest BCUT2D eigenvalue weighted by molar-refractivity contribution is 5.67. The van der Waals surface area contributed by atoms with Crippen LogP contribution in [0.15, 0.2) is 22.6 Å². The maximum atomic E-state index is 11.1. The quantitative estimate of drug-likeness (QED) is 0.628. The molecule has 21 heavy (non-hydrogen) atoms. The number of rotatable bonds is 3. The van der Waals surface area contributed by atoms with Crippen molar-refractivity contribution < 1.29 is 14.1 Å². The summed E-state index contributed by atoms with van der Waals surface area (Å²) in [4.78, 5) is 12.7. The topological polar surface area (TPSA) is 94.5 Å². The summed E-state index contributed by atoms with van der Waals surface area (Å²) < 4.78 is 10.7. The van der Waals surface area contributed by atoms with Crippen LogP contribution < -0.4 is 4.90 Å². The lowest BCUT2D eigenvalue weighted by atomic mass is 10.1. The Bertz CT molecular complexity index is 664. The summed E-state index contributed by atoms with van der Waals surface area (Å²) in [5, 5.41) is 18.8. The first-order chi connectivity index (χ1) is 10.1. The highest BCUT2D eigenvalue weighted by Crippen LogP contribution is 2.30. The van der Waals surface area contributed by atoms with Gasteiger partial charge < -0.3 is 14.1 Å². The summed E-state index contributed by atoms with van der Waals surface area (Å²) in [6, 6.07) is 4.82. The molecule has 0 atom stereocenters. The molecule has 1 aromatic carbocycles. The first kappa shape index (κ1) is 13.5. The van der Waals surface area contributed by atoms with Crippen LogP contribution in [0.2, 0.25) is 0 Å². The number of ether oxygens (including phenoxy) is 1. The maximum absolute atomic E-state index is 11.1. The molecule has 1 aliphatic rings. The van der Waals surface area contributed by atoms with E-state index in [-0.39, 0.29) is 11.6 Å². The van der Waals surface area contributed by atoms with Gasteiger partial charge in [-0.25, -0.2) is 0 Å². The predicted molar refractivity (Wildman–Crippen MR) is 74.2 cm³/mol. The Balaban J connectivity index is 2.03. The number of anilines is 1. The normalized spacial score (nSPS) is 15.2. The third kappa shape index (κ3) is 2.84. The SMILES string of the molecule is Cc1nnc(-c2cc(N3CCOCC3)cc([N+](=O)[O-])c2)o1. The second-order valence-electron chi connectivity index (χ2n) is 4.72. The monoisotopic (exact) mass is 290 g/mol. The fourth-order valence-electron chi connectivity index (χ4n) is 2.24. The van der Waals surface area contributed by atoms with Crippen LogP contribution >= 0.6 is 0 Å². The van der Waals surface area contributed by atoms with Crippen LogP contribution in [0.1, 0.15) is 5.89 Å². The summed E-state index contributed by atoms with van der Waals surface area (Å²) in [6.07, 6.45) is 0. The molecule has 0 spiro atoms. The molecule has 8 heteroatoms. The first-order valence-corrected chi connectivity index (χ1v) is 6.56. The Labute approximate surface area is 120 Å². The molecule has 2 aromatic rings. The van der Waals surface area contributed by atoms with E-state index >= 15 is 0 Å². The molecule has 0 radical (unpaired) electrons. The van der Waals surface area contributed by atoms with Crippen molar-refractivity contribution in [2.75, 3.05) is 31.2 Å². The second kappa shape index (κ2) is 5.49. The minimum absolute atomic E-state index is 0.00449. The average molecular weight is 290 g/mol. The van der Waals surface area contributed by atoms with Crippen molar-refractivity contribution in [1.82, 2.24) is 10.2 Å². The van der Waals surface area contributed by atoms with E-state index in [9.17, 15) is 10.1 Å². The summed E-state index contributed by atoms with van der Waals surface area (Å²) >= 11 is 0. The second-order valence-corrected chi connectivity index (χ2v) is 4.72. The predicted octanol–water partition coefficient (Wildman–Crippen LogP) is 1.79. The number of nitro benzene ring substituents is 1. The lowest BCUT2D eigenvalue weighted by Gasteiger charge is -2.28. The summed E-state index contributed by atoms with van der Waals surface area (Å²) in [5.41, 5.74) is 1.31. The Kier molecular flexibility index (Phi) is 3.53. The van der Waals surface area contributed by atoms with Crippen molar-refractivity contribution in [1.29, 1.82) is 0 Å². The van der Waals surface area contributed by atoms with Crippen molar-refractivity contribution in [2.45, 2.75) is 6.92 Å². The smallest absolute Gasteiger partial charge is 0.272 e. The molecular weight excluding hydrogens is 276 g/mol. The van der Waals surface area contributed by atoms with E-state index in [1.807, 2.05) is 11.0 Å². The molecule has 0 N–H and O–H groups in total. The molecule has 0 unspecified atom stereocenters. The summed E-state index contributed by atoms with van der Waals surface area (Å²) in [5.74, 6) is 0.704. The van der Waals surface area contributed by atoms with Gasteiger partial charge in [-0.1, -0.05) is 0 Å². The van der Waals surface area contributed by atoms with E-state index in [2.05, 4.69) is 10.2 Å². The number of benzene rings is 1. The largest absolute Gasteiger partial charge is 0.421 e. The minimum atomic E-state index is -0.420. The first-order valence-electron chi connectivity index (χ1n) is 6.56. The molecule has 0 amide bonds. The molecule has 1 saturated heterocycles. The van der Waals surface area contributed by atoms with Gasteiger partial charge in [0.2, 0.25) is 11.8 Å². The van der Waals surface area contributed by atoms with Gasteiger partial charge in [0.1, 0.15) is 0 Å². The fraction of sp³-hybridized carbons (Fsp3) is 0.385. The van der Waals surface area contributed by atoms with Gasteiger partial charge in [-0.15, -0.1) is 10.2 Å². The van der Waals surface area contributed by atoms with Gasteiger partial charge in [0.25, 0.3) is 5.69 Å². The Morgan fingerprint density at radius 2 is 2.00 bits per heavy atom. The molecule has 0 saturated carbocycles.